The summed E-state index contributed by atoms with van der Waals surface area (Å²) in [4.78, 5) is 57.3. The molecule has 25 heteroatoms. The first-order valence-corrected chi connectivity index (χ1v) is 32.3. The Balaban J connectivity index is 0.000000134. The Kier molecular flexibility index (Phi) is 21.3. The largest absolute Gasteiger partial charge is 0.382 e. The van der Waals surface area contributed by atoms with E-state index in [0.717, 1.165) is 182 Å². The van der Waals surface area contributed by atoms with Gasteiger partial charge in [0.05, 0.1) is 22.8 Å². The first-order valence-electron chi connectivity index (χ1n) is 32.3. The maximum absolute atomic E-state index is 6.18. The van der Waals surface area contributed by atoms with E-state index in [9.17, 15) is 0 Å². The minimum Gasteiger partial charge on any atom is -0.382 e. The molecule has 9 heterocycles. The SMILES string of the molecule is CCCc1nc(N)nc(N)c1N1CCN(c2ccccc2)CC1.CCc1nc(N)nc(N)c1N1CCN(c2ccc(C)cc2)CC1.CCc1nc(N)nc(N)c1N1CCN(c2ccc(C)cn2)CC1.Nc1nc(N)c(N2CCN(c3ccccc3)CC2)c(C2CC2)n1. The van der Waals surface area contributed by atoms with E-state index in [1.54, 1.807) is 0 Å². The maximum Gasteiger partial charge on any atom is 0.222 e. The van der Waals surface area contributed by atoms with Crippen molar-refractivity contribution >= 4 is 92.7 Å². The van der Waals surface area contributed by atoms with E-state index >= 15 is 0 Å². The van der Waals surface area contributed by atoms with Crippen LogP contribution in [0.25, 0.3) is 0 Å². The number of anilines is 16. The second-order valence-electron chi connectivity index (χ2n) is 23.8. The van der Waals surface area contributed by atoms with Crippen molar-refractivity contribution in [3.05, 3.63) is 137 Å². The summed E-state index contributed by atoms with van der Waals surface area (Å²) < 4.78 is 0. The number of para-hydroxylation sites is 2. The Morgan fingerprint density at radius 1 is 0.348 bits per heavy atom. The standard InChI is InChI=1S/C17H22N6.2C17H24N6.C16H23N7/c18-16-15(14(12-6-7-12)20-17(19)21-16)23-10-8-22(9-11-23)13-4-2-1-3-5-13;1-3-14-15(16(18)21-17(19)20-14)23-10-8-22(9-11-23)13-6-4-12(2)5-7-13;1-2-6-14-15(16(18)21-17(19)20-14)23-11-9-22(10-12-23)13-7-4-3-5-8-13;1-3-12-14(15(17)21-16(18)20-12)23-8-6-22(7-9-23)13-5-4-11(2)10-19-13/h1-5,12H,6-11H2,(H4,18,19,20,21);4-7H,3,8-11H2,1-2H3,(H4,18,19,20,21);3-5,7-8H,2,6,9-12H2,1H3,(H4,18,19,20,21);4-5,10H,3,6-9H2,1-2H3,(H4,17,18,20,21). The highest BCUT2D eigenvalue weighted by Gasteiger charge is 2.33. The van der Waals surface area contributed by atoms with Crippen molar-refractivity contribution in [1.29, 1.82) is 0 Å². The molecule has 0 unspecified atom stereocenters. The van der Waals surface area contributed by atoms with Gasteiger partial charge >= 0.3 is 0 Å². The third-order valence-corrected chi connectivity index (χ3v) is 17.3. The monoisotopic (exact) mass is 1250 g/mol. The Hall–Kier alpha value is -10.1. The van der Waals surface area contributed by atoms with Crippen LogP contribution in [0, 0.1) is 13.8 Å². The lowest BCUT2D eigenvalue weighted by Gasteiger charge is -2.38. The van der Waals surface area contributed by atoms with Gasteiger partial charge in [-0.2, -0.15) is 19.9 Å². The number of nitrogen functional groups attached to an aromatic ring is 8. The summed E-state index contributed by atoms with van der Waals surface area (Å²) in [6.07, 6.45) is 7.71. The lowest BCUT2D eigenvalue weighted by molar-refractivity contribution is 0.643. The van der Waals surface area contributed by atoms with Crippen molar-refractivity contribution in [2.75, 3.05) is 190 Å². The van der Waals surface area contributed by atoms with Gasteiger partial charge < -0.3 is 85.1 Å². The fraction of sp³-hybridized carbons (Fsp3) is 0.418. The van der Waals surface area contributed by atoms with Crippen molar-refractivity contribution < 1.29 is 0 Å². The first kappa shape index (κ1) is 64.9. The van der Waals surface area contributed by atoms with E-state index < -0.39 is 0 Å². The zero-order valence-electron chi connectivity index (χ0n) is 54.2. The van der Waals surface area contributed by atoms with Gasteiger partial charge in [-0.15, -0.1) is 0 Å². The van der Waals surface area contributed by atoms with Gasteiger partial charge in [0.15, 0.2) is 23.3 Å². The predicted octanol–water partition coefficient (Wildman–Crippen LogP) is 6.84. The summed E-state index contributed by atoms with van der Waals surface area (Å²) in [6.45, 7) is 25.1. The molecule has 5 aliphatic rings. The molecule has 486 valence electrons. The molecule has 25 nitrogen and oxygen atoms in total. The van der Waals surface area contributed by atoms with Crippen LogP contribution in [0.15, 0.2) is 103 Å². The predicted molar refractivity (Wildman–Crippen MR) is 379 cm³/mol. The van der Waals surface area contributed by atoms with E-state index in [1.807, 2.05) is 25.3 Å². The summed E-state index contributed by atoms with van der Waals surface area (Å²) in [5.74, 6) is 4.54. The molecule has 0 atom stereocenters. The van der Waals surface area contributed by atoms with Gasteiger partial charge in [0, 0.05) is 134 Å². The normalized spacial score (nSPS) is 15.8. The van der Waals surface area contributed by atoms with Crippen LogP contribution in [0.4, 0.5) is 92.7 Å². The van der Waals surface area contributed by atoms with Crippen molar-refractivity contribution in [2.24, 2.45) is 0 Å². The summed E-state index contributed by atoms with van der Waals surface area (Å²) >= 11 is 0. The van der Waals surface area contributed by atoms with Gasteiger partial charge in [0.25, 0.3) is 0 Å². The lowest BCUT2D eigenvalue weighted by atomic mass is 10.1. The minimum absolute atomic E-state index is 0.241. The molecular formula is C67H93N25. The van der Waals surface area contributed by atoms with Crippen molar-refractivity contribution in [3.63, 3.8) is 0 Å². The van der Waals surface area contributed by atoms with Gasteiger partial charge in [-0.1, -0.05) is 87.4 Å². The molecule has 13 rings (SSSR count). The number of benzene rings is 3. The van der Waals surface area contributed by atoms with Crippen LogP contribution in [0.2, 0.25) is 0 Å². The lowest BCUT2D eigenvalue weighted by Crippen LogP contribution is -2.47. The molecule has 5 fully saturated rings. The van der Waals surface area contributed by atoms with Gasteiger partial charge in [-0.3, -0.25) is 0 Å². The highest BCUT2D eigenvalue weighted by Crippen LogP contribution is 2.45. The van der Waals surface area contributed by atoms with E-state index in [0.29, 0.717) is 29.2 Å². The fourth-order valence-electron chi connectivity index (χ4n) is 12.4. The Labute approximate surface area is 541 Å². The minimum atomic E-state index is 0.241. The van der Waals surface area contributed by atoms with Gasteiger partial charge in [-0.05, 0) is 94.0 Å². The number of hydrogen-bond acceptors (Lipinski definition) is 25. The number of nitrogens with zero attached hydrogens (tertiary/aromatic N) is 17. The fourth-order valence-corrected chi connectivity index (χ4v) is 12.4. The average molecular weight is 1250 g/mol. The second kappa shape index (κ2) is 30.2. The van der Waals surface area contributed by atoms with Crippen molar-refractivity contribution in [3.8, 4) is 0 Å². The van der Waals surface area contributed by atoms with E-state index in [4.69, 9.17) is 45.9 Å². The number of piperazine rings is 4. The summed E-state index contributed by atoms with van der Waals surface area (Å²) in [5.41, 5.74) is 61.5. The summed E-state index contributed by atoms with van der Waals surface area (Å²) in [5, 5.41) is 0. The smallest absolute Gasteiger partial charge is 0.222 e. The van der Waals surface area contributed by atoms with Crippen LogP contribution in [-0.4, -0.2) is 150 Å². The molecular weight excluding hydrogens is 1150 g/mol. The van der Waals surface area contributed by atoms with Crippen LogP contribution in [0.5, 0.6) is 0 Å². The maximum atomic E-state index is 6.18. The number of aryl methyl sites for hydroxylation is 5. The Morgan fingerprint density at radius 3 is 1.07 bits per heavy atom. The molecule has 3 aromatic carbocycles. The molecule has 16 N–H and O–H groups in total. The molecule has 0 spiro atoms. The average Bonchev–Trinajstić information content (AvgIpc) is 1.47. The Morgan fingerprint density at radius 2 is 0.685 bits per heavy atom. The van der Waals surface area contributed by atoms with Crippen molar-refractivity contribution in [2.45, 2.75) is 79.1 Å². The molecule has 0 radical (unpaired) electrons. The first-order chi connectivity index (χ1) is 44.6. The summed E-state index contributed by atoms with van der Waals surface area (Å²) in [7, 11) is 0. The van der Waals surface area contributed by atoms with Gasteiger partial charge in [0.2, 0.25) is 23.8 Å². The van der Waals surface area contributed by atoms with E-state index in [2.05, 4.69) is 197 Å². The van der Waals surface area contributed by atoms with Crippen LogP contribution >= 0.6 is 0 Å². The third kappa shape index (κ3) is 16.1. The third-order valence-electron chi connectivity index (χ3n) is 17.3. The molecule has 1 aliphatic carbocycles. The molecule has 8 aromatic rings. The molecule has 0 bridgehead atoms. The van der Waals surface area contributed by atoms with E-state index in [-0.39, 0.29) is 23.8 Å². The molecule has 5 aromatic heterocycles. The molecule has 4 aliphatic heterocycles. The van der Waals surface area contributed by atoms with Crippen molar-refractivity contribution in [1.82, 2.24) is 44.9 Å². The number of nitrogens with two attached hydrogens (primary N) is 8. The molecule has 0 amide bonds. The van der Waals surface area contributed by atoms with Crippen LogP contribution < -0.4 is 85.1 Å². The topological polar surface area (TPSA) is 350 Å². The molecule has 4 saturated heterocycles. The highest BCUT2D eigenvalue weighted by atomic mass is 15.3. The Bertz CT molecular complexity index is 3530. The molecule has 92 heavy (non-hydrogen) atoms. The van der Waals surface area contributed by atoms with Crippen LogP contribution in [0.1, 0.15) is 79.9 Å². The molecule has 1 saturated carbocycles. The number of aromatic nitrogens is 9. The number of rotatable bonds is 13. The quantitative estimate of drug-likeness (QED) is 0.0586. The van der Waals surface area contributed by atoms with Crippen LogP contribution in [-0.2, 0) is 19.3 Å². The highest BCUT2D eigenvalue weighted by molar-refractivity contribution is 5.72. The zero-order valence-corrected chi connectivity index (χ0v) is 54.2. The van der Waals surface area contributed by atoms with Gasteiger partial charge in [-0.25, -0.2) is 24.9 Å². The number of pyridine rings is 1. The van der Waals surface area contributed by atoms with Gasteiger partial charge in [0.1, 0.15) is 28.6 Å². The second-order valence-corrected chi connectivity index (χ2v) is 23.8. The number of hydrogen-bond donors (Lipinski definition) is 8. The van der Waals surface area contributed by atoms with E-state index in [1.165, 1.54) is 41.0 Å². The van der Waals surface area contributed by atoms with Crippen LogP contribution in [0.3, 0.4) is 0 Å². The summed E-state index contributed by atoms with van der Waals surface area (Å²) in [6, 6.07) is 33.9. The zero-order chi connectivity index (χ0) is 64.8.